The summed E-state index contributed by atoms with van der Waals surface area (Å²) in [7, 11) is 0. The second-order valence-corrected chi connectivity index (χ2v) is 26.6. The van der Waals surface area contributed by atoms with E-state index in [9.17, 15) is 19.2 Å². The molecule has 0 radical (unpaired) electrons. The van der Waals surface area contributed by atoms with Crippen LogP contribution in [0, 0.1) is 13.8 Å². The van der Waals surface area contributed by atoms with Gasteiger partial charge < -0.3 is 31.2 Å². The number of pyridine rings is 2. The zero-order valence-electron chi connectivity index (χ0n) is 55.6. The first-order chi connectivity index (χ1) is 44.0. The average molecular weight is 1270 g/mol. The summed E-state index contributed by atoms with van der Waals surface area (Å²) in [6.45, 7) is 29.4. The van der Waals surface area contributed by atoms with E-state index >= 15 is 0 Å². The first-order valence-corrected chi connectivity index (χ1v) is 31.4. The number of ether oxygens (including phenoxy) is 2. The normalized spacial score (nSPS) is 11.6. The van der Waals surface area contributed by atoms with Gasteiger partial charge in [-0.3, -0.25) is 20.2 Å². The third-order valence-corrected chi connectivity index (χ3v) is 15.7. The number of nitrogens with one attached hydrogen (secondary N) is 5. The van der Waals surface area contributed by atoms with Gasteiger partial charge in [0.15, 0.2) is 0 Å². The molecular formula is C74H85ClN12O6. The second-order valence-electron chi connectivity index (χ2n) is 26.2. The highest BCUT2D eigenvalue weighted by Crippen LogP contribution is 2.37. The molecule has 0 unspecified atom stereocenters. The summed E-state index contributed by atoms with van der Waals surface area (Å²) in [5.41, 5.74) is 14.0. The summed E-state index contributed by atoms with van der Waals surface area (Å²) in [5.74, 6) is 3.52. The fourth-order valence-corrected chi connectivity index (χ4v) is 9.69. The molecule has 0 aliphatic heterocycles. The number of nitrogens with zero attached hydrogens (tertiary/aromatic N) is 6. The highest BCUT2D eigenvalue weighted by molar-refractivity contribution is 6.63. The molecule has 6 aromatic carbocycles. The minimum atomic E-state index is -0.377. The van der Waals surface area contributed by atoms with Crippen LogP contribution >= 0.6 is 11.6 Å². The first-order valence-electron chi connectivity index (χ1n) is 31.0. The van der Waals surface area contributed by atoms with Crippen molar-refractivity contribution in [2.75, 3.05) is 45.5 Å². The lowest BCUT2D eigenvalue weighted by atomic mass is 9.86. The monoisotopic (exact) mass is 1270 g/mol. The van der Waals surface area contributed by atoms with Gasteiger partial charge in [-0.05, 0) is 109 Å². The van der Waals surface area contributed by atoms with Gasteiger partial charge in [0.1, 0.15) is 34.8 Å². The Hall–Kier alpha value is -10.1. The quantitative estimate of drug-likeness (QED) is 0.0469. The summed E-state index contributed by atoms with van der Waals surface area (Å²) in [5, 5.41) is 27.8. The Labute approximate surface area is 550 Å². The number of aromatic nitrogens is 6. The van der Waals surface area contributed by atoms with E-state index in [0.717, 1.165) is 72.3 Å². The van der Waals surface area contributed by atoms with Gasteiger partial charge in [-0.2, -0.15) is 10.2 Å². The van der Waals surface area contributed by atoms with Crippen LogP contribution in [0.25, 0.3) is 32.9 Å². The Morgan fingerprint density at radius 1 is 0.484 bits per heavy atom. The van der Waals surface area contributed by atoms with Crippen molar-refractivity contribution in [1.82, 2.24) is 29.5 Å². The number of halogens is 1. The van der Waals surface area contributed by atoms with Crippen molar-refractivity contribution in [3.8, 4) is 22.9 Å². The van der Waals surface area contributed by atoms with Crippen LogP contribution < -0.4 is 41.8 Å². The van der Waals surface area contributed by atoms with Crippen LogP contribution in [0.2, 0.25) is 0 Å². The molecule has 0 aliphatic rings. The van der Waals surface area contributed by atoms with Crippen LogP contribution in [-0.4, -0.2) is 66.0 Å². The Morgan fingerprint density at radius 3 is 1.27 bits per heavy atom. The summed E-state index contributed by atoms with van der Waals surface area (Å²) >= 11 is 4.82. The molecule has 18 nitrogen and oxygen atoms in total. The molecule has 0 saturated carbocycles. The van der Waals surface area contributed by atoms with Crippen LogP contribution in [0.5, 0.6) is 11.5 Å². The van der Waals surface area contributed by atoms with Crippen LogP contribution in [0.4, 0.5) is 44.2 Å². The van der Waals surface area contributed by atoms with Crippen molar-refractivity contribution >= 4 is 91.0 Å². The SMILES string of the molecule is CCC(=O)Cl.CCC(=O)Nc1cc(C(C)(C)COc2ccc(NC(=O)Nc3cc(C(C)(C)C)nn3-c3ccc(C)cc3)c3ccccc23)ccn1.Cc1ccc(-n2nc(C(C)(C)C)cc2NC(=O)Nc2ccc(OCC(C)(C)c3ccnc(N)c3)c3ccccc23)cc1. The van der Waals surface area contributed by atoms with Crippen LogP contribution in [-0.2, 0) is 31.2 Å². The average Bonchev–Trinajstić information content (AvgIpc) is 1.76. The molecule has 5 amide bonds. The lowest BCUT2D eigenvalue weighted by molar-refractivity contribution is -0.116. The van der Waals surface area contributed by atoms with E-state index in [1.807, 2.05) is 172 Å². The molecule has 0 saturated heterocycles. The van der Waals surface area contributed by atoms with E-state index in [1.54, 1.807) is 35.6 Å². The van der Waals surface area contributed by atoms with E-state index in [4.69, 9.17) is 37.0 Å². The predicted molar refractivity (Wildman–Crippen MR) is 377 cm³/mol. The number of anilines is 6. The molecule has 0 atom stereocenters. The van der Waals surface area contributed by atoms with Gasteiger partial charge >= 0.3 is 12.1 Å². The lowest BCUT2D eigenvalue weighted by Gasteiger charge is -2.26. The number of aryl methyl sites for hydroxylation is 2. The fraction of sp³-hybridized carbons (Fsp3) is 0.297. The molecule has 484 valence electrons. The number of carbonyl (C=O) groups is 4. The Balaban J connectivity index is 0.000000223. The van der Waals surface area contributed by atoms with Crippen molar-refractivity contribution in [2.24, 2.45) is 0 Å². The largest absolute Gasteiger partial charge is 0.492 e. The van der Waals surface area contributed by atoms with Crippen LogP contribution in [0.3, 0.4) is 0 Å². The molecule has 7 N–H and O–H groups in total. The zero-order valence-corrected chi connectivity index (χ0v) is 56.3. The number of hydrogen-bond acceptors (Lipinski definition) is 11. The third kappa shape index (κ3) is 18.1. The molecule has 4 heterocycles. The van der Waals surface area contributed by atoms with E-state index in [-0.39, 0.29) is 44.9 Å². The lowest BCUT2D eigenvalue weighted by Crippen LogP contribution is -2.26. The van der Waals surface area contributed by atoms with Gasteiger partial charge in [0, 0.05) is 80.6 Å². The summed E-state index contributed by atoms with van der Waals surface area (Å²) in [4.78, 5) is 56.6. The fourth-order valence-electron chi connectivity index (χ4n) is 9.69. The first kappa shape index (κ1) is 68.8. The highest BCUT2D eigenvalue weighted by Gasteiger charge is 2.27. The van der Waals surface area contributed by atoms with Crippen molar-refractivity contribution in [1.29, 1.82) is 0 Å². The van der Waals surface area contributed by atoms with Crippen LogP contribution in [0.15, 0.2) is 170 Å². The Morgan fingerprint density at radius 2 is 0.882 bits per heavy atom. The number of benzene rings is 6. The molecule has 0 bridgehead atoms. The minimum absolute atomic E-state index is 0.0842. The molecule has 10 rings (SSSR count). The topological polar surface area (TPSA) is 234 Å². The van der Waals surface area contributed by atoms with E-state index in [0.29, 0.717) is 66.5 Å². The minimum Gasteiger partial charge on any atom is -0.492 e. The number of rotatable bonds is 17. The number of nitrogen functional groups attached to an aromatic ring is 1. The molecule has 0 spiro atoms. The standard InChI is InChI=1S/C37H42N6O3.C34H38N6O2.C3H5ClO/c1-8-34(44)40-32-21-25(19-20-38-32)37(6,7)23-46-30-18-17-29(27-11-9-10-12-28(27)30)39-35(45)41-33-22-31(36(3,4)5)42-43(33)26-15-13-24(2)14-16-26;1-22-11-13-24(14-12-22)40-31(20-29(39-40)33(2,3)4)38-32(41)37-27-15-16-28(26-10-8-7-9-25(26)27)42-21-34(5,6)23-17-18-36-30(35)19-23;1-2-3(4)5/h9-22H,8,23H2,1-7H3,(H,38,40,44)(H2,39,41,45);7-20H,21H2,1-6H3,(H2,35,36)(H2,37,38,41);2H2,1H3. The van der Waals surface area contributed by atoms with Crippen molar-refractivity contribution in [2.45, 2.75) is 131 Å². The Bertz CT molecular complexity index is 4280. The van der Waals surface area contributed by atoms with Crippen LogP contribution in [0.1, 0.15) is 130 Å². The molecular weight excluding hydrogens is 1190 g/mol. The second kappa shape index (κ2) is 29.5. The molecule has 0 aliphatic carbocycles. The van der Waals surface area contributed by atoms with E-state index in [2.05, 4.69) is 106 Å². The van der Waals surface area contributed by atoms with Gasteiger partial charge in [-0.15, -0.1) is 0 Å². The predicted octanol–water partition coefficient (Wildman–Crippen LogP) is 17.1. The molecule has 0 fully saturated rings. The molecule has 10 aromatic rings. The maximum absolute atomic E-state index is 13.4. The van der Waals surface area contributed by atoms with Gasteiger partial charge in [-0.1, -0.05) is 167 Å². The van der Waals surface area contributed by atoms with Crippen molar-refractivity contribution in [3.05, 3.63) is 204 Å². The summed E-state index contributed by atoms with van der Waals surface area (Å²) in [6.07, 6.45) is 4.22. The van der Waals surface area contributed by atoms with Gasteiger partial charge in [-0.25, -0.2) is 28.9 Å². The zero-order chi connectivity index (χ0) is 67.4. The smallest absolute Gasteiger partial charge is 0.324 e. The number of carbonyl (C=O) groups excluding carboxylic acids is 4. The number of urea groups is 2. The van der Waals surface area contributed by atoms with Gasteiger partial charge in [0.2, 0.25) is 11.1 Å². The maximum Gasteiger partial charge on any atom is 0.324 e. The summed E-state index contributed by atoms with van der Waals surface area (Å²) < 4.78 is 16.3. The van der Waals surface area contributed by atoms with E-state index < -0.39 is 0 Å². The number of nitrogens with two attached hydrogens (primary N) is 1. The number of amides is 5. The number of hydrogen-bond donors (Lipinski definition) is 6. The highest BCUT2D eigenvalue weighted by atomic mass is 35.5. The summed E-state index contributed by atoms with van der Waals surface area (Å²) in [6, 6.07) is 50.0. The van der Waals surface area contributed by atoms with Crippen molar-refractivity contribution < 1.29 is 28.7 Å². The maximum atomic E-state index is 13.4. The van der Waals surface area contributed by atoms with E-state index in [1.165, 1.54) is 0 Å². The van der Waals surface area contributed by atoms with Gasteiger partial charge in [0.05, 0.1) is 47.4 Å². The Kier molecular flexibility index (Phi) is 21.8. The number of fused-ring (bicyclic) bond motifs is 2. The molecule has 4 aromatic heterocycles. The molecule has 19 heteroatoms. The molecule has 93 heavy (non-hydrogen) atoms. The van der Waals surface area contributed by atoms with Crippen molar-refractivity contribution in [3.63, 3.8) is 0 Å². The van der Waals surface area contributed by atoms with Gasteiger partial charge in [0.25, 0.3) is 0 Å². The third-order valence-electron chi connectivity index (χ3n) is 15.4.